The van der Waals surface area contributed by atoms with Crippen molar-refractivity contribution in [3.8, 4) is 0 Å². The number of aldehydes is 1. The van der Waals surface area contributed by atoms with Crippen LogP contribution >= 0.6 is 0 Å². The molecule has 2 heterocycles. The molecule has 3 heteroatoms. The fourth-order valence-electron chi connectivity index (χ4n) is 2.86. The molecule has 0 unspecified atom stereocenters. The summed E-state index contributed by atoms with van der Waals surface area (Å²) in [6.45, 7) is 1.90. The zero-order chi connectivity index (χ0) is 13.0. The summed E-state index contributed by atoms with van der Waals surface area (Å²) >= 11 is 0. The van der Waals surface area contributed by atoms with Crippen LogP contribution in [0.3, 0.4) is 0 Å². The van der Waals surface area contributed by atoms with Crippen LogP contribution in [0.25, 0.3) is 16.3 Å². The zero-order valence-electron chi connectivity index (χ0n) is 10.8. The summed E-state index contributed by atoms with van der Waals surface area (Å²) in [5, 5.41) is 6.88. The van der Waals surface area contributed by atoms with Crippen LogP contribution in [0.1, 0.15) is 40.5 Å². The Kier molecular flexibility index (Phi) is 2.07. The second kappa shape index (κ2) is 3.67. The first-order valence-corrected chi connectivity index (χ1v) is 6.66. The fraction of sp³-hybridized carbons (Fsp3) is 0.250. The van der Waals surface area contributed by atoms with E-state index in [0.29, 0.717) is 5.92 Å². The molecule has 3 nitrogen and oxygen atoms in total. The minimum absolute atomic E-state index is 0.603. The van der Waals surface area contributed by atoms with Crippen LogP contribution in [-0.4, -0.2) is 15.9 Å². The molecule has 3 aromatic rings. The van der Waals surface area contributed by atoms with Gasteiger partial charge in [-0.15, -0.1) is 0 Å². The first-order valence-electron chi connectivity index (χ1n) is 6.66. The van der Waals surface area contributed by atoms with Crippen molar-refractivity contribution in [2.45, 2.75) is 25.7 Å². The molecule has 0 saturated heterocycles. The van der Waals surface area contributed by atoms with Crippen molar-refractivity contribution in [2.75, 3.05) is 0 Å². The average molecular weight is 250 g/mol. The summed E-state index contributed by atoms with van der Waals surface area (Å²) in [5.41, 5.74) is 3.74. The first kappa shape index (κ1) is 10.7. The van der Waals surface area contributed by atoms with Gasteiger partial charge < -0.3 is 0 Å². The van der Waals surface area contributed by atoms with E-state index in [1.54, 1.807) is 0 Å². The number of rotatable bonds is 2. The molecule has 1 aromatic carbocycles. The molecule has 0 bridgehead atoms. The average Bonchev–Trinajstić information content (AvgIpc) is 3.20. The van der Waals surface area contributed by atoms with E-state index in [2.05, 4.69) is 23.3 Å². The number of hydrogen-bond donors (Lipinski definition) is 0. The minimum atomic E-state index is 0.603. The maximum absolute atomic E-state index is 11.4. The van der Waals surface area contributed by atoms with E-state index in [0.717, 1.165) is 28.4 Å². The van der Waals surface area contributed by atoms with Gasteiger partial charge in [-0.05, 0) is 31.2 Å². The van der Waals surface area contributed by atoms with Gasteiger partial charge in [0.15, 0.2) is 6.29 Å². The van der Waals surface area contributed by atoms with E-state index in [4.69, 9.17) is 0 Å². The largest absolute Gasteiger partial charge is 0.298 e. The highest BCUT2D eigenvalue weighted by molar-refractivity contribution is 6.04. The minimum Gasteiger partial charge on any atom is -0.298 e. The summed E-state index contributed by atoms with van der Waals surface area (Å²) in [4.78, 5) is 11.4. The SMILES string of the molecule is Cc1nn2c(C3CC3)cc3ccccc3c2c1C=O. The number of carbonyl (C=O) groups excluding carboxylic acids is 1. The van der Waals surface area contributed by atoms with E-state index >= 15 is 0 Å². The maximum atomic E-state index is 11.4. The molecular formula is C16H14N2O. The Balaban J connectivity index is 2.25. The Bertz CT molecular complexity index is 812. The number of aromatic nitrogens is 2. The molecule has 19 heavy (non-hydrogen) atoms. The molecule has 0 spiro atoms. The lowest BCUT2D eigenvalue weighted by Gasteiger charge is -2.07. The molecule has 1 aliphatic rings. The van der Waals surface area contributed by atoms with Gasteiger partial charge in [0.05, 0.1) is 16.8 Å². The van der Waals surface area contributed by atoms with Crippen molar-refractivity contribution in [1.82, 2.24) is 9.61 Å². The predicted octanol–water partition coefficient (Wildman–Crippen LogP) is 3.49. The Morgan fingerprint density at radius 1 is 1.32 bits per heavy atom. The number of benzene rings is 1. The van der Waals surface area contributed by atoms with Gasteiger partial charge in [0.1, 0.15) is 0 Å². The van der Waals surface area contributed by atoms with Crippen molar-refractivity contribution in [1.29, 1.82) is 0 Å². The van der Waals surface area contributed by atoms with Crippen LogP contribution in [0, 0.1) is 6.92 Å². The molecule has 0 N–H and O–H groups in total. The van der Waals surface area contributed by atoms with Crippen LogP contribution in [-0.2, 0) is 0 Å². The van der Waals surface area contributed by atoms with Crippen molar-refractivity contribution in [3.63, 3.8) is 0 Å². The molecule has 1 aliphatic carbocycles. The second-order valence-corrected chi connectivity index (χ2v) is 5.31. The number of aryl methyl sites for hydroxylation is 1. The Morgan fingerprint density at radius 3 is 2.84 bits per heavy atom. The van der Waals surface area contributed by atoms with E-state index in [1.165, 1.54) is 23.9 Å². The molecule has 2 aromatic heterocycles. The molecule has 4 rings (SSSR count). The summed E-state index contributed by atoms with van der Waals surface area (Å²) in [5.74, 6) is 0.603. The highest BCUT2D eigenvalue weighted by atomic mass is 16.1. The number of nitrogens with zero attached hydrogens (tertiary/aromatic N) is 2. The van der Waals surface area contributed by atoms with Gasteiger partial charge in [-0.1, -0.05) is 24.3 Å². The number of fused-ring (bicyclic) bond motifs is 3. The normalized spacial score (nSPS) is 15.2. The van der Waals surface area contributed by atoms with E-state index < -0.39 is 0 Å². The smallest absolute Gasteiger partial charge is 0.154 e. The summed E-state index contributed by atoms with van der Waals surface area (Å²) < 4.78 is 1.99. The third-order valence-electron chi connectivity index (χ3n) is 3.98. The molecular weight excluding hydrogens is 236 g/mol. The summed E-state index contributed by atoms with van der Waals surface area (Å²) in [6, 6.07) is 10.4. The van der Waals surface area contributed by atoms with E-state index in [9.17, 15) is 4.79 Å². The van der Waals surface area contributed by atoms with Gasteiger partial charge in [-0.25, -0.2) is 4.52 Å². The lowest BCUT2D eigenvalue weighted by Crippen LogP contribution is -1.98. The zero-order valence-corrected chi connectivity index (χ0v) is 10.8. The quantitative estimate of drug-likeness (QED) is 0.652. The number of hydrogen-bond acceptors (Lipinski definition) is 2. The summed E-state index contributed by atoms with van der Waals surface area (Å²) in [7, 11) is 0. The molecule has 1 saturated carbocycles. The van der Waals surface area contributed by atoms with Gasteiger partial charge in [0, 0.05) is 17.0 Å². The highest BCUT2D eigenvalue weighted by Gasteiger charge is 2.28. The molecule has 0 atom stereocenters. The van der Waals surface area contributed by atoms with Crippen LogP contribution in [0.5, 0.6) is 0 Å². The van der Waals surface area contributed by atoms with E-state index in [-0.39, 0.29) is 0 Å². The van der Waals surface area contributed by atoms with Gasteiger partial charge in [-0.3, -0.25) is 4.79 Å². The Morgan fingerprint density at radius 2 is 2.11 bits per heavy atom. The summed E-state index contributed by atoms with van der Waals surface area (Å²) in [6.07, 6.45) is 3.38. The van der Waals surface area contributed by atoms with E-state index in [1.807, 2.05) is 23.6 Å². The molecule has 0 aliphatic heterocycles. The van der Waals surface area contributed by atoms with Crippen molar-refractivity contribution in [2.24, 2.45) is 0 Å². The molecule has 1 fully saturated rings. The van der Waals surface area contributed by atoms with Gasteiger partial charge >= 0.3 is 0 Å². The van der Waals surface area contributed by atoms with Crippen molar-refractivity contribution in [3.05, 3.63) is 47.3 Å². The standard InChI is InChI=1S/C16H14N2O/c1-10-14(9-19)16-13-5-3-2-4-12(13)8-15(11-6-7-11)18(16)17-10/h2-5,8-9,11H,6-7H2,1H3. The van der Waals surface area contributed by atoms with Crippen LogP contribution in [0.15, 0.2) is 30.3 Å². The highest BCUT2D eigenvalue weighted by Crippen LogP contribution is 2.42. The van der Waals surface area contributed by atoms with Gasteiger partial charge in [-0.2, -0.15) is 5.10 Å². The number of carbonyl (C=O) groups is 1. The Labute approximate surface area is 110 Å². The lowest BCUT2D eigenvalue weighted by molar-refractivity contribution is 0.112. The molecule has 94 valence electrons. The van der Waals surface area contributed by atoms with Gasteiger partial charge in [0.25, 0.3) is 0 Å². The predicted molar refractivity (Wildman–Crippen MR) is 74.8 cm³/mol. The fourth-order valence-corrected chi connectivity index (χ4v) is 2.86. The van der Waals surface area contributed by atoms with Crippen molar-refractivity contribution >= 4 is 22.6 Å². The maximum Gasteiger partial charge on any atom is 0.154 e. The van der Waals surface area contributed by atoms with Crippen molar-refractivity contribution < 1.29 is 4.79 Å². The van der Waals surface area contributed by atoms with Crippen LogP contribution < -0.4 is 0 Å². The topological polar surface area (TPSA) is 34.4 Å². The third kappa shape index (κ3) is 1.44. The van der Waals surface area contributed by atoms with Crippen LogP contribution in [0.4, 0.5) is 0 Å². The molecule has 0 amide bonds. The Hall–Kier alpha value is -2.16. The second-order valence-electron chi connectivity index (χ2n) is 5.31. The number of pyridine rings is 1. The molecule has 0 radical (unpaired) electrons. The first-order chi connectivity index (χ1) is 9.29. The lowest BCUT2D eigenvalue weighted by atomic mass is 10.1. The van der Waals surface area contributed by atoms with Crippen LogP contribution in [0.2, 0.25) is 0 Å². The third-order valence-corrected chi connectivity index (χ3v) is 3.98. The monoisotopic (exact) mass is 250 g/mol. The van der Waals surface area contributed by atoms with Gasteiger partial charge in [0.2, 0.25) is 0 Å².